The highest BCUT2D eigenvalue weighted by atomic mass is 16.7. The van der Waals surface area contributed by atoms with E-state index in [1.165, 1.54) is 150 Å². The average Bonchev–Trinajstić information content (AvgIpc) is 1.33. The Bertz CT molecular complexity index is 3690. The first-order valence-corrected chi connectivity index (χ1v) is 49.6. The number of hydrogen-bond acceptors (Lipinski definition) is 12. The van der Waals surface area contributed by atoms with Crippen LogP contribution in [0.3, 0.4) is 0 Å². The smallest absolute Gasteiger partial charge is 0.314 e. The largest absolute Gasteiger partial charge is 0.465 e. The van der Waals surface area contributed by atoms with Crippen molar-refractivity contribution < 1.29 is 56.9 Å². The molecule has 0 amide bonds. The molecule has 12 nitrogen and oxygen atoms in total. The molecule has 7 saturated carbocycles. The summed E-state index contributed by atoms with van der Waals surface area (Å²) < 4.78 is 68.2. The van der Waals surface area contributed by atoms with Gasteiger partial charge in [0.05, 0.1) is 36.4 Å². The number of ether oxygens (including phenoxy) is 11. The number of carbonyl (C=O) groups excluding carboxylic acids is 1. The summed E-state index contributed by atoms with van der Waals surface area (Å²) in [5.41, 5.74) is 7.60. The first-order valence-electron chi connectivity index (χ1n) is 49.6. The Morgan fingerprint density at radius 3 is 1.19 bits per heavy atom. The lowest BCUT2D eigenvalue weighted by Gasteiger charge is -2.54. The van der Waals surface area contributed by atoms with Crippen molar-refractivity contribution in [3.8, 4) is 34.5 Å². The van der Waals surface area contributed by atoms with Gasteiger partial charge in [-0.3, -0.25) is 4.79 Å². The predicted octanol–water partition coefficient (Wildman–Crippen LogP) is 31.5. The van der Waals surface area contributed by atoms with Gasteiger partial charge < -0.3 is 52.1 Å². The molecule has 0 aromatic heterocycles. The zero-order valence-corrected chi connectivity index (χ0v) is 82.5. The van der Waals surface area contributed by atoms with Crippen LogP contribution in [0.4, 0.5) is 0 Å². The zero-order chi connectivity index (χ0) is 89.8. The van der Waals surface area contributed by atoms with Crippen LogP contribution in [0.15, 0.2) is 115 Å². The molecule has 11 atom stereocenters. The minimum absolute atomic E-state index is 0.0963. The van der Waals surface area contributed by atoms with E-state index in [1.54, 1.807) is 12.1 Å². The van der Waals surface area contributed by atoms with Gasteiger partial charge >= 0.3 is 5.97 Å². The molecule has 12 heteroatoms. The van der Waals surface area contributed by atoms with E-state index in [2.05, 4.69) is 236 Å². The van der Waals surface area contributed by atoms with Gasteiger partial charge in [-0.05, 0) is 300 Å². The number of rotatable bonds is 36. The molecule has 0 N–H and O–H groups in total. The van der Waals surface area contributed by atoms with Crippen LogP contribution < -0.4 is 28.4 Å². The Balaban J connectivity index is 0.000000192. The van der Waals surface area contributed by atoms with Crippen LogP contribution in [-0.2, 0) is 34.9 Å². The summed E-state index contributed by atoms with van der Waals surface area (Å²) in [6, 6.07) is 39.6. The molecular formula is C111H176O12. The van der Waals surface area contributed by atoms with Crippen molar-refractivity contribution in [2.24, 2.45) is 63.6 Å². The molecule has 7 fully saturated rings. The average molecular weight is 1700 g/mol. The quantitative estimate of drug-likeness (QED) is 0.0216. The van der Waals surface area contributed by atoms with Crippen molar-refractivity contribution >= 4 is 5.97 Å². The number of fused-ring (bicyclic) bond motifs is 1. The van der Waals surface area contributed by atoms with Gasteiger partial charge in [-0.15, -0.1) is 0 Å². The second-order valence-electron chi connectivity index (χ2n) is 43.5. The molecular weight excluding hydrogens is 1530 g/mol. The van der Waals surface area contributed by atoms with Gasteiger partial charge in [-0.25, -0.2) is 0 Å². The van der Waals surface area contributed by atoms with Crippen LogP contribution in [-0.4, -0.2) is 67.4 Å². The van der Waals surface area contributed by atoms with Crippen molar-refractivity contribution in [1.82, 2.24) is 0 Å². The molecule has 13 rings (SSSR count). The normalized spacial score (nSPS) is 22.9. The summed E-state index contributed by atoms with van der Waals surface area (Å²) in [5.74, 6) is 12.2. The fourth-order valence-electron chi connectivity index (χ4n) is 19.5. The highest BCUT2D eigenvalue weighted by Gasteiger charge is 2.50. The molecule has 0 radical (unpaired) electrons. The maximum Gasteiger partial charge on any atom is 0.314 e. The summed E-state index contributed by atoms with van der Waals surface area (Å²) >= 11 is 0. The van der Waals surface area contributed by atoms with E-state index in [0.717, 1.165) is 128 Å². The third-order valence-corrected chi connectivity index (χ3v) is 26.9. The second-order valence-corrected chi connectivity index (χ2v) is 43.5. The highest BCUT2D eigenvalue weighted by molar-refractivity contribution is 5.74. The SMILES string of the molecule is CC(C)OC(CC1CCCCC1)Oc1ccc2c(c1)CC(C)C2C.CCC(C)C(=O)Oc1ccc(OC(CC(C)(C)C)OC2CCCCC2)cc1.CCC(C)c1ccc(OC(C)(CC(C)C)OC(C)C)cc1.CCC(C)c1ccc(OC(CC(C)(C)C)OC2C3CC4CC(C3)CC2C4)cc1.CCC(C)c1ccc(OC(CC(C)(C)C)OC2CCCC2)cc1. The van der Waals surface area contributed by atoms with Gasteiger partial charge in [0.25, 0.3) is 0 Å². The van der Waals surface area contributed by atoms with E-state index < -0.39 is 5.79 Å². The summed E-state index contributed by atoms with van der Waals surface area (Å²) in [4.78, 5) is 11.9. The lowest BCUT2D eigenvalue weighted by molar-refractivity contribution is -0.205. The molecule has 4 bridgehead atoms. The second kappa shape index (κ2) is 49.8. The van der Waals surface area contributed by atoms with Crippen LogP contribution in [0.5, 0.6) is 34.5 Å². The van der Waals surface area contributed by atoms with Crippen molar-refractivity contribution in [3.63, 3.8) is 0 Å². The Hall–Kier alpha value is -5.63. The summed E-state index contributed by atoms with van der Waals surface area (Å²) in [6.07, 6.45) is 35.6. The Labute approximate surface area is 751 Å². The number of carbonyl (C=O) groups is 1. The molecule has 692 valence electrons. The first-order chi connectivity index (χ1) is 58.2. The topological polar surface area (TPSA) is 119 Å². The van der Waals surface area contributed by atoms with Gasteiger partial charge in [0.1, 0.15) is 34.5 Å². The van der Waals surface area contributed by atoms with Crippen molar-refractivity contribution in [1.29, 1.82) is 0 Å². The monoisotopic (exact) mass is 1700 g/mol. The minimum Gasteiger partial charge on any atom is -0.465 e. The van der Waals surface area contributed by atoms with Crippen molar-refractivity contribution in [2.75, 3.05) is 0 Å². The summed E-state index contributed by atoms with van der Waals surface area (Å²) in [5, 5.41) is 0. The Kier molecular flexibility index (Phi) is 41.6. The predicted molar refractivity (Wildman–Crippen MR) is 510 cm³/mol. The van der Waals surface area contributed by atoms with E-state index in [1.807, 2.05) is 46.8 Å². The first kappa shape index (κ1) is 103. The lowest BCUT2D eigenvalue weighted by Crippen LogP contribution is -2.51. The lowest BCUT2D eigenvalue weighted by atomic mass is 9.55. The van der Waals surface area contributed by atoms with Gasteiger partial charge in [-0.1, -0.05) is 252 Å². The standard InChI is InChI=1S/C26H40O2.C23H36O4.C22H34O2.C21H34O2.C19H32O2/c1-6-17(2)20-7-9-23(10-8-20)27-24(16-26(3,4)5)28-25-21-12-18-11-19(14-21)15-22(25)13-18;1-6-17(2)22(24)27-20-14-12-19(13-15-20)26-21(16-23(3,4)5)25-18-10-8-7-9-11-18;1-15(2)23-22(13-18-8-6-5-7-9-18)24-20-10-11-21-17(4)16(3)12-19(21)14-20;1-6-16(2)17-11-13-19(14-12-17)23-20(15-21(3,4)5)22-18-9-7-8-10-18;1-8-16(6)17-9-11-18(12-10-17)21-19(7,13-14(2)3)20-15(4)5/h7-10,17-19,21-22,24-25H,6,11-16H2,1-5H3;12-15,17-18,21H,6-11,16H2,1-5H3;10-11,14-18,22H,5-9,12-13H2,1-4H3;11-14,16,18,20H,6-10,15H2,1-5H3;9-12,14-16H,8,13H2,1-7H3. The summed E-state index contributed by atoms with van der Waals surface area (Å²) in [6.45, 7) is 56.9. The number of hydrogen-bond donors (Lipinski definition) is 0. The third kappa shape index (κ3) is 36.4. The maximum atomic E-state index is 11.9. The highest BCUT2D eigenvalue weighted by Crippen LogP contribution is 2.55. The van der Waals surface area contributed by atoms with Gasteiger partial charge in [-0.2, -0.15) is 0 Å². The van der Waals surface area contributed by atoms with Crippen LogP contribution in [0.1, 0.15) is 411 Å². The minimum atomic E-state index is -0.569. The van der Waals surface area contributed by atoms with Crippen molar-refractivity contribution in [2.45, 2.75) is 451 Å². The number of esters is 1. The van der Waals surface area contributed by atoms with Crippen LogP contribution >= 0.6 is 0 Å². The Morgan fingerprint density at radius 2 is 0.789 bits per heavy atom. The molecule has 11 unspecified atom stereocenters. The third-order valence-electron chi connectivity index (χ3n) is 26.9. The van der Waals surface area contributed by atoms with E-state index in [0.29, 0.717) is 53.7 Å². The summed E-state index contributed by atoms with van der Waals surface area (Å²) in [7, 11) is 0. The fourth-order valence-corrected chi connectivity index (χ4v) is 19.5. The van der Waals surface area contributed by atoms with Crippen LogP contribution in [0.2, 0.25) is 0 Å². The van der Waals surface area contributed by atoms with Gasteiger partial charge in [0.15, 0.2) is 6.29 Å². The van der Waals surface area contributed by atoms with Gasteiger partial charge in [0, 0.05) is 39.0 Å². The van der Waals surface area contributed by atoms with E-state index in [9.17, 15) is 4.79 Å². The molecule has 0 spiro atoms. The Morgan fingerprint density at radius 1 is 0.407 bits per heavy atom. The molecule has 123 heavy (non-hydrogen) atoms. The molecule has 0 heterocycles. The maximum absolute atomic E-state index is 11.9. The molecule has 8 aliphatic rings. The van der Waals surface area contributed by atoms with Crippen LogP contribution in [0.25, 0.3) is 0 Å². The molecule has 0 saturated heterocycles. The van der Waals surface area contributed by atoms with Crippen molar-refractivity contribution in [3.05, 3.63) is 143 Å². The van der Waals surface area contributed by atoms with Gasteiger partial charge in [0.2, 0.25) is 24.7 Å². The van der Waals surface area contributed by atoms with Crippen LogP contribution in [0, 0.1) is 63.6 Å². The van der Waals surface area contributed by atoms with E-state index in [4.69, 9.17) is 52.1 Å². The zero-order valence-electron chi connectivity index (χ0n) is 82.5. The molecule has 8 aliphatic carbocycles. The molecule has 5 aromatic carbocycles. The fraction of sp³-hybridized carbons (Fsp3) is 0.721. The molecule has 5 aromatic rings. The van der Waals surface area contributed by atoms with E-state index in [-0.39, 0.29) is 65.5 Å². The van der Waals surface area contributed by atoms with E-state index >= 15 is 0 Å². The molecule has 0 aliphatic heterocycles. The number of benzene rings is 5.